The maximum absolute atomic E-state index is 13.1. The van der Waals surface area contributed by atoms with E-state index in [4.69, 9.17) is 0 Å². The Morgan fingerprint density at radius 3 is 2.71 bits per heavy atom. The fraction of sp³-hybridized carbons (Fsp3) is 0.250. The van der Waals surface area contributed by atoms with Crippen LogP contribution < -0.4 is 5.32 Å². The summed E-state index contributed by atoms with van der Waals surface area (Å²) < 4.78 is 1.89. The van der Waals surface area contributed by atoms with Crippen LogP contribution in [0, 0.1) is 13.8 Å². The van der Waals surface area contributed by atoms with E-state index in [1.54, 1.807) is 11.3 Å². The van der Waals surface area contributed by atoms with Gasteiger partial charge in [-0.05, 0) is 60.9 Å². The maximum atomic E-state index is 13.1. The lowest BCUT2D eigenvalue weighted by Gasteiger charge is -2.34. The van der Waals surface area contributed by atoms with E-state index in [0.29, 0.717) is 6.54 Å². The van der Waals surface area contributed by atoms with Gasteiger partial charge in [0.15, 0.2) is 0 Å². The highest BCUT2D eigenvalue weighted by atomic mass is 32.1. The molecule has 0 bridgehead atoms. The number of carbonyl (C=O) groups is 1. The van der Waals surface area contributed by atoms with Crippen molar-refractivity contribution in [1.29, 1.82) is 0 Å². The van der Waals surface area contributed by atoms with Gasteiger partial charge in [-0.25, -0.2) is 4.68 Å². The van der Waals surface area contributed by atoms with Crippen molar-refractivity contribution in [3.63, 3.8) is 0 Å². The topological polar surface area (TPSA) is 50.2 Å². The fourth-order valence-electron chi connectivity index (χ4n) is 4.33. The third kappa shape index (κ3) is 3.84. The minimum absolute atomic E-state index is 0.000882. The van der Waals surface area contributed by atoms with Gasteiger partial charge in [0, 0.05) is 16.3 Å². The maximum Gasteiger partial charge on any atom is 0.238 e. The van der Waals surface area contributed by atoms with Crippen molar-refractivity contribution in [1.82, 2.24) is 14.7 Å². The first-order valence-electron chi connectivity index (χ1n) is 10.4. The normalized spacial score (nSPS) is 16.3. The third-order valence-electron chi connectivity index (χ3n) is 5.78. The number of thiophene rings is 2. The van der Waals surface area contributed by atoms with Crippen LogP contribution in [-0.4, -0.2) is 33.7 Å². The van der Waals surface area contributed by atoms with E-state index in [2.05, 4.69) is 44.3 Å². The highest BCUT2D eigenvalue weighted by molar-refractivity contribution is 7.10. The molecule has 0 fully saturated rings. The van der Waals surface area contributed by atoms with Crippen LogP contribution in [0.4, 0.5) is 5.69 Å². The highest BCUT2D eigenvalue weighted by Gasteiger charge is 2.31. The van der Waals surface area contributed by atoms with Gasteiger partial charge in [0.2, 0.25) is 5.91 Å². The molecule has 1 aliphatic rings. The van der Waals surface area contributed by atoms with Crippen LogP contribution in [0.5, 0.6) is 0 Å². The molecule has 158 valence electrons. The molecule has 1 aliphatic heterocycles. The number of hydrogen-bond acceptors (Lipinski definition) is 5. The Morgan fingerprint density at radius 2 is 1.94 bits per heavy atom. The van der Waals surface area contributed by atoms with Gasteiger partial charge in [0.25, 0.3) is 0 Å². The van der Waals surface area contributed by atoms with Crippen molar-refractivity contribution in [2.75, 3.05) is 18.4 Å². The molecule has 31 heavy (non-hydrogen) atoms. The number of rotatable bonds is 5. The molecule has 0 saturated carbocycles. The van der Waals surface area contributed by atoms with Crippen molar-refractivity contribution in [3.8, 4) is 5.69 Å². The number of para-hydroxylation sites is 1. The van der Waals surface area contributed by atoms with Crippen LogP contribution >= 0.6 is 22.7 Å². The van der Waals surface area contributed by atoms with E-state index < -0.39 is 0 Å². The average molecular weight is 449 g/mol. The zero-order valence-corrected chi connectivity index (χ0v) is 19.2. The Morgan fingerprint density at radius 1 is 1.10 bits per heavy atom. The number of benzene rings is 1. The standard InChI is InChI=1S/C24H24N4OS2/c1-16-23(17(2)28(26-16)18-7-4-3-5-8-18)25-22(29)15-27-12-10-20-19(11-14-31-20)24(27)21-9-6-13-30-21/h3-9,11,13-14,24H,10,12,15H2,1-2H3,(H,25,29)/t24-/m1/s1. The summed E-state index contributed by atoms with van der Waals surface area (Å²) in [6.45, 7) is 5.17. The number of nitrogens with one attached hydrogen (secondary N) is 1. The summed E-state index contributed by atoms with van der Waals surface area (Å²) in [6.07, 6.45) is 0.992. The van der Waals surface area contributed by atoms with Crippen LogP contribution in [0.1, 0.15) is 32.7 Å². The summed E-state index contributed by atoms with van der Waals surface area (Å²) in [5.41, 5.74) is 4.89. The van der Waals surface area contributed by atoms with Gasteiger partial charge in [-0.15, -0.1) is 22.7 Å². The van der Waals surface area contributed by atoms with Gasteiger partial charge in [0.05, 0.1) is 35.3 Å². The number of aryl methyl sites for hydroxylation is 1. The Bertz CT molecular complexity index is 1190. The van der Waals surface area contributed by atoms with Gasteiger partial charge in [-0.2, -0.15) is 5.10 Å². The van der Waals surface area contributed by atoms with Crippen molar-refractivity contribution in [2.45, 2.75) is 26.3 Å². The number of amides is 1. The zero-order valence-electron chi connectivity index (χ0n) is 17.5. The van der Waals surface area contributed by atoms with Crippen LogP contribution in [0.3, 0.4) is 0 Å². The molecule has 4 heterocycles. The minimum Gasteiger partial charge on any atom is -0.322 e. The van der Waals surface area contributed by atoms with Crippen molar-refractivity contribution in [2.24, 2.45) is 0 Å². The van der Waals surface area contributed by atoms with Crippen LogP contribution in [0.2, 0.25) is 0 Å². The molecule has 5 rings (SSSR count). The molecular formula is C24H24N4OS2. The van der Waals surface area contributed by atoms with E-state index in [1.165, 1.54) is 15.3 Å². The highest BCUT2D eigenvalue weighted by Crippen LogP contribution is 2.39. The van der Waals surface area contributed by atoms with Gasteiger partial charge in [-0.1, -0.05) is 24.3 Å². The second-order valence-electron chi connectivity index (χ2n) is 7.78. The molecule has 3 aromatic heterocycles. The van der Waals surface area contributed by atoms with Gasteiger partial charge < -0.3 is 5.32 Å². The summed E-state index contributed by atoms with van der Waals surface area (Å²) >= 11 is 3.58. The van der Waals surface area contributed by atoms with E-state index in [-0.39, 0.29) is 11.9 Å². The van der Waals surface area contributed by atoms with Crippen molar-refractivity contribution < 1.29 is 4.79 Å². The molecule has 5 nitrogen and oxygen atoms in total. The van der Waals surface area contributed by atoms with E-state index in [9.17, 15) is 4.79 Å². The lowest BCUT2D eigenvalue weighted by Crippen LogP contribution is -2.40. The second-order valence-corrected chi connectivity index (χ2v) is 9.76. The van der Waals surface area contributed by atoms with Gasteiger partial charge in [0.1, 0.15) is 0 Å². The summed E-state index contributed by atoms with van der Waals surface area (Å²) in [7, 11) is 0. The molecule has 1 N–H and O–H groups in total. The zero-order chi connectivity index (χ0) is 21.4. The van der Waals surface area contributed by atoms with E-state index >= 15 is 0 Å². The number of aromatic nitrogens is 2. The number of anilines is 1. The first-order chi connectivity index (χ1) is 15.1. The van der Waals surface area contributed by atoms with Crippen LogP contribution in [0.25, 0.3) is 5.69 Å². The largest absolute Gasteiger partial charge is 0.322 e. The Hall–Kier alpha value is -2.74. The molecular weight excluding hydrogens is 424 g/mol. The number of carbonyl (C=O) groups excluding carboxylic acids is 1. The average Bonchev–Trinajstić information content (AvgIpc) is 3.52. The van der Waals surface area contributed by atoms with Crippen LogP contribution in [-0.2, 0) is 11.2 Å². The lowest BCUT2D eigenvalue weighted by atomic mass is 9.98. The summed E-state index contributed by atoms with van der Waals surface area (Å²) in [4.78, 5) is 18.1. The summed E-state index contributed by atoms with van der Waals surface area (Å²) in [5.74, 6) is -0.000882. The molecule has 0 saturated heterocycles. The third-order valence-corrected chi connectivity index (χ3v) is 7.70. The molecule has 1 amide bonds. The molecule has 0 aliphatic carbocycles. The first kappa shape index (κ1) is 20.2. The number of hydrogen-bond donors (Lipinski definition) is 1. The summed E-state index contributed by atoms with van der Waals surface area (Å²) in [5, 5.41) is 12.1. The predicted octanol–water partition coefficient (Wildman–Crippen LogP) is 5.20. The number of nitrogens with zero attached hydrogens (tertiary/aromatic N) is 3. The first-order valence-corrected chi connectivity index (χ1v) is 12.1. The second kappa shape index (κ2) is 8.42. The van der Waals surface area contributed by atoms with Crippen LogP contribution in [0.15, 0.2) is 59.3 Å². The van der Waals surface area contributed by atoms with E-state index in [0.717, 1.165) is 35.7 Å². The Kier molecular flexibility index (Phi) is 5.48. The molecule has 0 unspecified atom stereocenters. The van der Waals surface area contributed by atoms with Crippen molar-refractivity contribution >= 4 is 34.3 Å². The van der Waals surface area contributed by atoms with Crippen molar-refractivity contribution in [3.05, 3.63) is 86.0 Å². The molecule has 0 spiro atoms. The molecule has 4 aromatic rings. The fourth-order valence-corrected chi connectivity index (χ4v) is 6.11. The number of fused-ring (bicyclic) bond motifs is 1. The Balaban J connectivity index is 1.37. The molecule has 1 atom stereocenters. The van der Waals surface area contributed by atoms with E-state index in [1.807, 2.05) is 60.2 Å². The smallest absolute Gasteiger partial charge is 0.238 e. The molecule has 0 radical (unpaired) electrons. The monoisotopic (exact) mass is 448 g/mol. The predicted molar refractivity (Wildman–Crippen MR) is 127 cm³/mol. The molecule has 1 aromatic carbocycles. The lowest BCUT2D eigenvalue weighted by molar-refractivity contribution is -0.117. The minimum atomic E-state index is -0.000882. The SMILES string of the molecule is Cc1nn(-c2ccccc2)c(C)c1NC(=O)CN1CCc2sccc2[C@@H]1c1cccs1. The summed E-state index contributed by atoms with van der Waals surface area (Å²) in [6, 6.07) is 16.6. The van der Waals surface area contributed by atoms with Gasteiger partial charge >= 0.3 is 0 Å². The Labute approximate surface area is 190 Å². The van der Waals surface area contributed by atoms with Gasteiger partial charge in [-0.3, -0.25) is 9.69 Å². The molecule has 7 heteroatoms. The quantitative estimate of drug-likeness (QED) is 0.457.